The van der Waals surface area contributed by atoms with E-state index in [4.69, 9.17) is 9.47 Å². The average Bonchev–Trinajstić information content (AvgIpc) is 2.70. The van der Waals surface area contributed by atoms with Crippen molar-refractivity contribution in [1.29, 1.82) is 0 Å². The Kier molecular flexibility index (Phi) is 8.71. The highest BCUT2D eigenvalue weighted by atomic mass is 127. The molecule has 0 aromatic heterocycles. The van der Waals surface area contributed by atoms with E-state index in [1.54, 1.807) is 0 Å². The van der Waals surface area contributed by atoms with Gasteiger partial charge in [-0.15, -0.1) is 13.2 Å². The van der Waals surface area contributed by atoms with Crippen LogP contribution in [-0.4, -0.2) is 39.9 Å². The van der Waals surface area contributed by atoms with E-state index in [2.05, 4.69) is 11.3 Å². The number of amides is 1. The highest BCUT2D eigenvalue weighted by molar-refractivity contribution is 14.1. The molecule has 1 amide bonds. The number of sulfonamides is 1. The van der Waals surface area contributed by atoms with Crippen LogP contribution in [0.3, 0.4) is 0 Å². The molecule has 0 saturated carbocycles. The van der Waals surface area contributed by atoms with Gasteiger partial charge in [0.2, 0.25) is 0 Å². The van der Waals surface area contributed by atoms with Crippen LogP contribution in [0.2, 0.25) is 0 Å². The normalized spacial score (nSPS) is 11.4. The Morgan fingerprint density at radius 3 is 2.27 bits per heavy atom. The van der Waals surface area contributed by atoms with Crippen LogP contribution in [0.1, 0.15) is 17.3 Å². The van der Waals surface area contributed by atoms with E-state index in [-0.39, 0.29) is 24.4 Å². The summed E-state index contributed by atoms with van der Waals surface area (Å²) < 4.78 is 77.7. The highest BCUT2D eigenvalue weighted by Gasteiger charge is 2.31. The zero-order valence-corrected chi connectivity index (χ0v) is 19.9. The van der Waals surface area contributed by atoms with Crippen molar-refractivity contribution in [3.63, 3.8) is 0 Å². The third-order valence-electron chi connectivity index (χ3n) is 3.71. The molecule has 2 rings (SSSR count). The van der Waals surface area contributed by atoms with Crippen LogP contribution < -0.4 is 14.2 Å². The van der Waals surface area contributed by atoms with Crippen LogP contribution in [0, 0.1) is 3.57 Å². The van der Waals surface area contributed by atoms with Crippen LogP contribution in [0.5, 0.6) is 11.5 Å². The maximum Gasteiger partial charge on any atom is 0.573 e. The van der Waals surface area contributed by atoms with Crippen molar-refractivity contribution in [2.45, 2.75) is 18.2 Å². The van der Waals surface area contributed by atoms with Crippen molar-refractivity contribution >= 4 is 44.5 Å². The van der Waals surface area contributed by atoms with Gasteiger partial charge in [-0.05, 0) is 72.0 Å². The van der Waals surface area contributed by atoms with E-state index < -0.39 is 38.9 Å². The summed E-state index contributed by atoms with van der Waals surface area (Å²) in [5, 5.41) is 0. The lowest BCUT2D eigenvalue weighted by Gasteiger charge is -2.12. The smallest absolute Gasteiger partial charge is 0.489 e. The number of esters is 1. The van der Waals surface area contributed by atoms with Crippen molar-refractivity contribution in [2.24, 2.45) is 0 Å². The van der Waals surface area contributed by atoms with Gasteiger partial charge in [0.05, 0.1) is 8.47 Å². The second-order valence-electron chi connectivity index (χ2n) is 6.36. The van der Waals surface area contributed by atoms with Crippen LogP contribution in [0.15, 0.2) is 59.5 Å². The summed E-state index contributed by atoms with van der Waals surface area (Å²) in [4.78, 5) is 23.3. The number of halogens is 4. The summed E-state index contributed by atoms with van der Waals surface area (Å²) in [6.07, 6.45) is -4.92. The van der Waals surface area contributed by atoms with E-state index >= 15 is 0 Å². The van der Waals surface area contributed by atoms with Gasteiger partial charge < -0.3 is 14.2 Å². The molecule has 2 aromatic rings. The largest absolute Gasteiger partial charge is 0.573 e. The van der Waals surface area contributed by atoms with Crippen molar-refractivity contribution in [2.75, 3.05) is 13.2 Å². The summed E-state index contributed by atoms with van der Waals surface area (Å²) in [6.45, 7) is 4.98. The number of hydrogen-bond donors (Lipinski definition) is 1. The second kappa shape index (κ2) is 10.9. The molecule has 2 aromatic carbocycles. The Bertz CT molecular complexity index is 1150. The standard InChI is InChI=1S/C20H17F3INO7S/c1-12(2)19(27)31-10-9-30-17-8-3-13(11-16(17)24)18(26)25-33(28,29)15-6-4-14(5-7-15)32-20(21,22)23/h3-8,11H,1,9-10H2,2H3,(H,25,26). The molecule has 0 aliphatic heterocycles. The molecule has 1 N–H and O–H groups in total. The first-order valence-electron chi connectivity index (χ1n) is 8.96. The number of carbonyl (C=O) groups excluding carboxylic acids is 2. The van der Waals surface area contributed by atoms with Crippen molar-refractivity contribution in [1.82, 2.24) is 4.72 Å². The fourth-order valence-corrected chi connectivity index (χ4v) is 3.87. The van der Waals surface area contributed by atoms with Gasteiger partial charge in [-0.1, -0.05) is 6.58 Å². The summed E-state index contributed by atoms with van der Waals surface area (Å²) in [7, 11) is -4.35. The van der Waals surface area contributed by atoms with Gasteiger partial charge >= 0.3 is 12.3 Å². The molecule has 0 fully saturated rings. The minimum atomic E-state index is -4.92. The van der Waals surface area contributed by atoms with Gasteiger partial charge in [0, 0.05) is 11.1 Å². The zero-order chi connectivity index (χ0) is 24.8. The molecule has 0 saturated heterocycles. The Balaban J connectivity index is 2.00. The summed E-state index contributed by atoms with van der Waals surface area (Å²) in [6, 6.07) is 7.51. The molecule has 0 unspecified atom stereocenters. The van der Waals surface area contributed by atoms with Crippen molar-refractivity contribution in [3.8, 4) is 11.5 Å². The van der Waals surface area contributed by atoms with Gasteiger partial charge in [0.15, 0.2) is 0 Å². The predicted molar refractivity (Wildman–Crippen MR) is 118 cm³/mol. The van der Waals surface area contributed by atoms with Crippen LogP contribution >= 0.6 is 22.6 Å². The zero-order valence-electron chi connectivity index (χ0n) is 16.9. The molecule has 0 radical (unpaired) electrons. The molecule has 0 atom stereocenters. The van der Waals surface area contributed by atoms with Crippen LogP contribution in [-0.2, 0) is 19.6 Å². The lowest BCUT2D eigenvalue weighted by molar-refractivity contribution is -0.274. The molecule has 33 heavy (non-hydrogen) atoms. The minimum Gasteiger partial charge on any atom is -0.489 e. The summed E-state index contributed by atoms with van der Waals surface area (Å²) in [5.41, 5.74) is 0.251. The fraction of sp³-hybridized carbons (Fsp3) is 0.200. The van der Waals surface area contributed by atoms with Crippen molar-refractivity contribution < 1.29 is 45.4 Å². The van der Waals surface area contributed by atoms with Crippen LogP contribution in [0.4, 0.5) is 13.2 Å². The first-order valence-corrected chi connectivity index (χ1v) is 11.5. The topological polar surface area (TPSA) is 108 Å². The summed E-state index contributed by atoms with van der Waals surface area (Å²) in [5.74, 6) is -1.73. The summed E-state index contributed by atoms with van der Waals surface area (Å²) >= 11 is 1.88. The molecule has 0 spiro atoms. The number of ether oxygens (including phenoxy) is 3. The van der Waals surface area contributed by atoms with Gasteiger partial charge in [0.25, 0.3) is 15.9 Å². The molecule has 8 nitrogen and oxygen atoms in total. The molecule has 0 heterocycles. The Morgan fingerprint density at radius 1 is 1.09 bits per heavy atom. The molecular formula is C20H17F3INO7S. The maximum absolute atomic E-state index is 12.4. The Hall–Kier alpha value is -2.81. The number of nitrogens with one attached hydrogen (secondary N) is 1. The maximum atomic E-state index is 12.4. The average molecular weight is 599 g/mol. The fourth-order valence-electron chi connectivity index (χ4n) is 2.23. The molecule has 13 heteroatoms. The first-order chi connectivity index (χ1) is 15.3. The molecule has 178 valence electrons. The number of alkyl halides is 3. The van der Waals surface area contributed by atoms with Gasteiger partial charge in [0.1, 0.15) is 24.7 Å². The van der Waals surface area contributed by atoms with E-state index in [9.17, 15) is 31.2 Å². The molecule has 0 bridgehead atoms. The van der Waals surface area contributed by atoms with E-state index in [1.165, 1.54) is 25.1 Å². The Labute approximate surface area is 200 Å². The lowest BCUT2D eigenvalue weighted by atomic mass is 10.2. The molecule has 0 aliphatic carbocycles. The predicted octanol–water partition coefficient (Wildman–Crippen LogP) is 3.81. The van der Waals surface area contributed by atoms with Crippen LogP contribution in [0.25, 0.3) is 0 Å². The monoisotopic (exact) mass is 599 g/mol. The number of rotatable bonds is 9. The second-order valence-corrected chi connectivity index (χ2v) is 9.21. The van der Waals surface area contributed by atoms with Gasteiger partial charge in [-0.2, -0.15) is 0 Å². The number of benzene rings is 2. The highest BCUT2D eigenvalue weighted by Crippen LogP contribution is 2.25. The van der Waals surface area contributed by atoms with Crippen molar-refractivity contribution in [3.05, 3.63) is 63.8 Å². The minimum absolute atomic E-state index is 0.000981. The number of hydrogen-bond acceptors (Lipinski definition) is 7. The lowest BCUT2D eigenvalue weighted by Crippen LogP contribution is -2.30. The van der Waals surface area contributed by atoms with E-state index in [0.717, 1.165) is 24.3 Å². The molecule has 0 aliphatic rings. The Morgan fingerprint density at radius 2 is 1.73 bits per heavy atom. The molecular weight excluding hydrogens is 582 g/mol. The van der Waals surface area contributed by atoms with E-state index in [0.29, 0.717) is 9.32 Å². The SMILES string of the molecule is C=C(C)C(=O)OCCOc1ccc(C(=O)NS(=O)(=O)c2ccc(OC(F)(F)F)cc2)cc1I. The van der Waals surface area contributed by atoms with E-state index in [1.807, 2.05) is 27.3 Å². The third-order valence-corrected chi connectivity index (χ3v) is 5.90. The first kappa shape index (κ1) is 26.4. The number of carbonyl (C=O) groups is 2. The van der Waals surface area contributed by atoms with Gasteiger partial charge in [-0.3, -0.25) is 4.79 Å². The quantitative estimate of drug-likeness (QED) is 0.202. The third kappa shape index (κ3) is 8.24. The van der Waals surface area contributed by atoms with Gasteiger partial charge in [-0.25, -0.2) is 17.9 Å².